The predicted molar refractivity (Wildman–Crippen MR) is 69.3 cm³/mol. The van der Waals surface area contributed by atoms with Gasteiger partial charge in [-0.1, -0.05) is 13.3 Å². The Labute approximate surface area is 113 Å². The van der Waals surface area contributed by atoms with E-state index in [4.69, 9.17) is 0 Å². The van der Waals surface area contributed by atoms with Crippen LogP contribution in [0.1, 0.15) is 32.6 Å². The van der Waals surface area contributed by atoms with Crippen LogP contribution in [0.2, 0.25) is 0 Å². The van der Waals surface area contributed by atoms with Crippen LogP contribution in [-0.4, -0.2) is 53.8 Å². The summed E-state index contributed by atoms with van der Waals surface area (Å²) in [6, 6.07) is -0.665. The van der Waals surface area contributed by atoms with E-state index in [0.29, 0.717) is 13.0 Å². The molecule has 0 spiro atoms. The Morgan fingerprint density at radius 3 is 2.68 bits per heavy atom. The number of urea groups is 1. The molecule has 0 radical (unpaired) electrons. The minimum absolute atomic E-state index is 0.112. The van der Waals surface area contributed by atoms with Crippen molar-refractivity contribution in [2.24, 2.45) is 5.92 Å². The van der Waals surface area contributed by atoms with E-state index >= 15 is 0 Å². The highest BCUT2D eigenvalue weighted by molar-refractivity contribution is 6.16. The molecule has 0 bridgehead atoms. The summed E-state index contributed by atoms with van der Waals surface area (Å²) in [5.74, 6) is -1.47. The molecule has 6 heteroatoms. The van der Waals surface area contributed by atoms with Gasteiger partial charge in [-0.25, -0.2) is 4.79 Å². The monoisotopic (exact) mass is 267 g/mol. The van der Waals surface area contributed by atoms with Gasteiger partial charge < -0.3 is 4.90 Å². The van der Waals surface area contributed by atoms with Crippen LogP contribution in [0, 0.1) is 5.92 Å². The van der Waals surface area contributed by atoms with Gasteiger partial charge in [0, 0.05) is 6.54 Å². The molecule has 2 atom stereocenters. The van der Waals surface area contributed by atoms with E-state index < -0.39 is 17.9 Å². The number of likely N-dealkylation sites (tertiary alicyclic amines) is 1. The van der Waals surface area contributed by atoms with E-state index in [1.807, 2.05) is 14.0 Å². The zero-order valence-electron chi connectivity index (χ0n) is 11.5. The predicted octanol–water partition coefficient (Wildman–Crippen LogP) is 0.575. The molecule has 0 aromatic carbocycles. The van der Waals surface area contributed by atoms with Crippen LogP contribution in [0.25, 0.3) is 0 Å². The molecule has 0 saturated carbocycles. The van der Waals surface area contributed by atoms with Crippen molar-refractivity contribution in [1.82, 2.24) is 15.1 Å². The molecule has 106 valence electrons. The van der Waals surface area contributed by atoms with Gasteiger partial charge in [-0.15, -0.1) is 0 Å². The number of hydrogen-bond acceptors (Lipinski definition) is 4. The first-order chi connectivity index (χ1) is 9.04. The topological polar surface area (TPSA) is 69.7 Å². The summed E-state index contributed by atoms with van der Waals surface area (Å²) in [5, 5.41) is 2.32. The Balaban J connectivity index is 2.15. The van der Waals surface area contributed by atoms with Gasteiger partial charge in [-0.05, 0) is 32.9 Å². The van der Waals surface area contributed by atoms with Crippen molar-refractivity contribution >= 4 is 17.8 Å². The Morgan fingerprint density at radius 2 is 2.05 bits per heavy atom. The highest BCUT2D eigenvalue weighted by Crippen LogP contribution is 2.22. The van der Waals surface area contributed by atoms with Crippen LogP contribution < -0.4 is 5.32 Å². The maximum absolute atomic E-state index is 12.4. The first-order valence-corrected chi connectivity index (χ1v) is 6.91. The van der Waals surface area contributed by atoms with Crippen molar-refractivity contribution in [1.29, 1.82) is 0 Å². The summed E-state index contributed by atoms with van der Waals surface area (Å²) in [7, 11) is 1.98. The van der Waals surface area contributed by atoms with E-state index in [2.05, 4.69) is 10.2 Å². The Morgan fingerprint density at radius 1 is 1.32 bits per heavy atom. The first kappa shape index (κ1) is 14.0. The van der Waals surface area contributed by atoms with Crippen LogP contribution in [0.5, 0.6) is 0 Å². The summed E-state index contributed by atoms with van der Waals surface area (Å²) in [6.07, 6.45) is 3.02. The van der Waals surface area contributed by atoms with Gasteiger partial charge >= 0.3 is 6.03 Å². The lowest BCUT2D eigenvalue weighted by Gasteiger charge is -2.39. The fourth-order valence-corrected chi connectivity index (χ4v) is 2.87. The lowest BCUT2D eigenvalue weighted by molar-refractivity contribution is -0.145. The number of nitrogens with zero attached hydrogens (tertiary/aromatic N) is 2. The quantitative estimate of drug-likeness (QED) is 0.759. The van der Waals surface area contributed by atoms with E-state index in [0.717, 1.165) is 25.8 Å². The number of hydrogen-bond donors (Lipinski definition) is 1. The zero-order chi connectivity index (χ0) is 14.0. The number of nitrogens with one attached hydrogen (secondary N) is 1. The third kappa shape index (κ3) is 2.78. The summed E-state index contributed by atoms with van der Waals surface area (Å²) in [4.78, 5) is 39.4. The highest BCUT2D eigenvalue weighted by atomic mass is 16.2. The maximum Gasteiger partial charge on any atom is 0.331 e. The fraction of sp³-hybridized carbons (Fsp3) is 0.769. The second kappa shape index (κ2) is 5.69. The highest BCUT2D eigenvalue weighted by Gasteiger charge is 2.43. The molecule has 1 N–H and O–H groups in total. The van der Waals surface area contributed by atoms with Crippen LogP contribution in [-0.2, 0) is 9.59 Å². The number of likely N-dealkylation sites (N-methyl/N-ethyl adjacent to an activating group) is 1. The van der Waals surface area contributed by atoms with Gasteiger partial charge in [0.05, 0.1) is 6.04 Å². The van der Waals surface area contributed by atoms with Crippen molar-refractivity contribution < 1.29 is 14.4 Å². The third-order valence-electron chi connectivity index (χ3n) is 3.84. The lowest BCUT2D eigenvalue weighted by Crippen LogP contribution is -2.63. The molecule has 2 fully saturated rings. The second-order valence-corrected chi connectivity index (χ2v) is 5.40. The van der Waals surface area contributed by atoms with E-state index in [9.17, 15) is 14.4 Å². The minimum Gasteiger partial charge on any atom is -0.304 e. The van der Waals surface area contributed by atoms with Crippen LogP contribution >= 0.6 is 0 Å². The van der Waals surface area contributed by atoms with Gasteiger partial charge in [0.2, 0.25) is 11.8 Å². The number of piperidine rings is 1. The molecule has 0 aliphatic carbocycles. The number of imide groups is 2. The van der Waals surface area contributed by atoms with Crippen molar-refractivity contribution in [3.8, 4) is 0 Å². The third-order valence-corrected chi connectivity index (χ3v) is 3.84. The Kier molecular flexibility index (Phi) is 4.19. The average Bonchev–Trinajstić information content (AvgIpc) is 2.34. The number of carbonyl (C=O) groups excluding carboxylic acids is 3. The molecule has 2 unspecified atom stereocenters. The maximum atomic E-state index is 12.4. The van der Waals surface area contributed by atoms with Gasteiger partial charge in [-0.3, -0.25) is 19.8 Å². The lowest BCUT2D eigenvalue weighted by atomic mass is 9.96. The minimum atomic E-state index is -0.699. The molecular weight excluding hydrogens is 246 g/mol. The van der Waals surface area contributed by atoms with Crippen LogP contribution in [0.4, 0.5) is 4.79 Å². The van der Waals surface area contributed by atoms with Gasteiger partial charge in [0.25, 0.3) is 0 Å². The smallest absolute Gasteiger partial charge is 0.304 e. The van der Waals surface area contributed by atoms with Crippen molar-refractivity contribution in [3.63, 3.8) is 0 Å². The Bertz CT molecular complexity index is 397. The SMILES string of the molecule is CCCC1C(=O)NC(=O)N(C2CCCN(C)C2)C1=O. The standard InChI is InChI=1S/C13H21N3O3/c1-3-5-10-11(17)14-13(19)16(12(10)18)9-6-4-7-15(2)8-9/h9-10H,3-8H2,1-2H3,(H,14,17,19). The molecule has 2 heterocycles. The van der Waals surface area contributed by atoms with Crippen molar-refractivity contribution in [2.75, 3.05) is 20.1 Å². The first-order valence-electron chi connectivity index (χ1n) is 6.91. The zero-order valence-corrected chi connectivity index (χ0v) is 11.5. The van der Waals surface area contributed by atoms with Crippen molar-refractivity contribution in [2.45, 2.75) is 38.6 Å². The summed E-state index contributed by atoms with van der Waals surface area (Å²) in [5.41, 5.74) is 0. The average molecular weight is 267 g/mol. The van der Waals surface area contributed by atoms with E-state index in [-0.39, 0.29) is 11.9 Å². The molecule has 4 amide bonds. The molecule has 6 nitrogen and oxygen atoms in total. The fourth-order valence-electron chi connectivity index (χ4n) is 2.87. The molecule has 19 heavy (non-hydrogen) atoms. The van der Waals surface area contributed by atoms with Crippen molar-refractivity contribution in [3.05, 3.63) is 0 Å². The van der Waals surface area contributed by atoms with E-state index in [1.54, 1.807) is 0 Å². The van der Waals surface area contributed by atoms with Gasteiger partial charge in [-0.2, -0.15) is 0 Å². The molecule has 0 aromatic rings. The normalized spacial score (nSPS) is 29.6. The number of rotatable bonds is 3. The second-order valence-electron chi connectivity index (χ2n) is 5.40. The molecule has 2 aliphatic heterocycles. The molecular formula is C13H21N3O3. The molecule has 2 aliphatic rings. The van der Waals surface area contributed by atoms with Gasteiger partial charge in [0.1, 0.15) is 5.92 Å². The van der Waals surface area contributed by atoms with Gasteiger partial charge in [0.15, 0.2) is 0 Å². The largest absolute Gasteiger partial charge is 0.331 e. The summed E-state index contributed by atoms with van der Waals surface area (Å²) < 4.78 is 0. The van der Waals surface area contributed by atoms with Crippen LogP contribution in [0.3, 0.4) is 0 Å². The molecule has 2 saturated heterocycles. The van der Waals surface area contributed by atoms with E-state index in [1.165, 1.54) is 4.90 Å². The Hall–Kier alpha value is -1.43. The molecule has 2 rings (SSSR count). The summed E-state index contributed by atoms with van der Waals surface area (Å²) in [6.45, 7) is 3.60. The number of amides is 4. The molecule has 0 aromatic heterocycles. The number of barbiturate groups is 1. The van der Waals surface area contributed by atoms with Crippen LogP contribution in [0.15, 0.2) is 0 Å². The number of carbonyl (C=O) groups is 3. The summed E-state index contributed by atoms with van der Waals surface area (Å²) >= 11 is 0.